The molecule has 0 aromatic heterocycles. The van der Waals surface area contributed by atoms with E-state index < -0.39 is 0 Å². The quantitative estimate of drug-likeness (QED) is 0.598. The molecule has 0 spiro atoms. The van der Waals surface area contributed by atoms with E-state index >= 15 is 0 Å². The van der Waals surface area contributed by atoms with Crippen LogP contribution in [0, 0.1) is 10.1 Å². The molecule has 110 valence electrons. The van der Waals surface area contributed by atoms with E-state index in [1.807, 2.05) is 31.2 Å². The van der Waals surface area contributed by atoms with Gasteiger partial charge < -0.3 is 5.32 Å². The molecule has 0 amide bonds. The molecule has 0 bridgehead atoms. The molecular weight excluding hydrogens is 352 g/mol. The minimum atomic E-state index is -0.342. The summed E-state index contributed by atoms with van der Waals surface area (Å²) < 4.78 is 1.00. The second-order valence-electron chi connectivity index (χ2n) is 4.36. The summed E-state index contributed by atoms with van der Waals surface area (Å²) in [6, 6.07) is 12.8. The normalized spacial score (nSPS) is 10.6. The van der Waals surface area contributed by atoms with Crippen LogP contribution in [0.25, 0.3) is 0 Å². The predicted octanol–water partition coefficient (Wildman–Crippen LogP) is 4.62. The monoisotopic (exact) mass is 366 g/mol. The Morgan fingerprint density at radius 3 is 2.71 bits per heavy atom. The third-order valence-electron chi connectivity index (χ3n) is 2.87. The second-order valence-corrected chi connectivity index (χ2v) is 6.36. The highest BCUT2D eigenvalue weighted by atomic mass is 79.9. The number of benzene rings is 2. The van der Waals surface area contributed by atoms with Gasteiger partial charge in [0.15, 0.2) is 0 Å². The molecule has 2 aromatic carbocycles. The van der Waals surface area contributed by atoms with Crippen molar-refractivity contribution in [3.8, 4) is 0 Å². The molecule has 0 radical (unpaired) electrons. The van der Waals surface area contributed by atoms with E-state index in [2.05, 4.69) is 21.2 Å². The van der Waals surface area contributed by atoms with E-state index in [0.717, 1.165) is 28.0 Å². The van der Waals surface area contributed by atoms with E-state index in [1.54, 1.807) is 12.1 Å². The highest BCUT2D eigenvalue weighted by Crippen LogP contribution is 2.37. The van der Waals surface area contributed by atoms with Crippen molar-refractivity contribution < 1.29 is 4.92 Å². The van der Waals surface area contributed by atoms with Crippen LogP contribution in [0.3, 0.4) is 0 Å². The Morgan fingerprint density at radius 2 is 2.00 bits per heavy atom. The van der Waals surface area contributed by atoms with E-state index in [1.165, 1.54) is 17.8 Å². The van der Waals surface area contributed by atoms with Gasteiger partial charge in [0.2, 0.25) is 0 Å². The van der Waals surface area contributed by atoms with Crippen LogP contribution in [0.5, 0.6) is 0 Å². The highest BCUT2D eigenvalue weighted by Gasteiger charge is 2.15. The first kappa shape index (κ1) is 16.0. The summed E-state index contributed by atoms with van der Waals surface area (Å²) >= 11 is 4.89. The summed E-state index contributed by atoms with van der Waals surface area (Å²) in [5.41, 5.74) is 1.26. The van der Waals surface area contributed by atoms with Crippen molar-refractivity contribution in [1.29, 1.82) is 0 Å². The Kier molecular flexibility index (Phi) is 5.78. The lowest BCUT2D eigenvalue weighted by molar-refractivity contribution is -0.387. The first-order valence-electron chi connectivity index (χ1n) is 6.52. The average Bonchev–Trinajstić information content (AvgIpc) is 2.47. The van der Waals surface area contributed by atoms with E-state index in [9.17, 15) is 10.1 Å². The zero-order chi connectivity index (χ0) is 15.2. The number of nitrogens with one attached hydrogen (secondary N) is 1. The number of nitro benzene ring substituents is 1. The lowest BCUT2D eigenvalue weighted by Crippen LogP contribution is -2.12. The molecule has 0 aliphatic heterocycles. The molecule has 0 atom stereocenters. The SMILES string of the molecule is CCNCc1cc(Br)ccc1Sc1ccccc1[N+](=O)[O-]. The lowest BCUT2D eigenvalue weighted by atomic mass is 10.2. The molecule has 0 aliphatic carbocycles. The summed E-state index contributed by atoms with van der Waals surface area (Å²) in [6.45, 7) is 3.66. The summed E-state index contributed by atoms with van der Waals surface area (Å²) in [7, 11) is 0. The first-order valence-corrected chi connectivity index (χ1v) is 8.13. The third kappa shape index (κ3) is 4.30. The van der Waals surface area contributed by atoms with Crippen molar-refractivity contribution >= 4 is 33.4 Å². The molecular formula is C15H15BrN2O2S. The molecule has 0 saturated heterocycles. The Bertz CT molecular complexity index is 649. The maximum absolute atomic E-state index is 11.1. The van der Waals surface area contributed by atoms with Crippen molar-refractivity contribution in [3.05, 3.63) is 62.6 Å². The maximum Gasteiger partial charge on any atom is 0.283 e. The van der Waals surface area contributed by atoms with Crippen molar-refractivity contribution in [2.45, 2.75) is 23.3 Å². The second kappa shape index (κ2) is 7.59. The molecule has 0 heterocycles. The number of rotatable bonds is 6. The van der Waals surface area contributed by atoms with E-state index in [0.29, 0.717) is 4.90 Å². The van der Waals surface area contributed by atoms with Crippen LogP contribution in [-0.4, -0.2) is 11.5 Å². The van der Waals surface area contributed by atoms with Gasteiger partial charge in [-0.05, 0) is 36.4 Å². The van der Waals surface area contributed by atoms with Gasteiger partial charge in [-0.1, -0.05) is 46.7 Å². The molecule has 2 rings (SSSR count). The number of nitro groups is 1. The van der Waals surface area contributed by atoms with Crippen LogP contribution in [0.4, 0.5) is 5.69 Å². The predicted molar refractivity (Wildman–Crippen MR) is 88.7 cm³/mol. The van der Waals surface area contributed by atoms with Gasteiger partial charge in [-0.3, -0.25) is 10.1 Å². The van der Waals surface area contributed by atoms with Gasteiger partial charge in [-0.2, -0.15) is 0 Å². The molecule has 0 fully saturated rings. The van der Waals surface area contributed by atoms with Crippen LogP contribution in [0.1, 0.15) is 12.5 Å². The van der Waals surface area contributed by atoms with Crippen molar-refractivity contribution in [1.82, 2.24) is 5.32 Å². The van der Waals surface area contributed by atoms with Crippen LogP contribution in [-0.2, 0) is 6.54 Å². The molecule has 6 heteroatoms. The summed E-state index contributed by atoms with van der Waals surface area (Å²) in [5.74, 6) is 0. The third-order valence-corrected chi connectivity index (χ3v) is 4.55. The lowest BCUT2D eigenvalue weighted by Gasteiger charge is -2.10. The number of para-hydroxylation sites is 1. The molecule has 0 aliphatic rings. The minimum Gasteiger partial charge on any atom is -0.313 e. The van der Waals surface area contributed by atoms with Crippen molar-refractivity contribution in [2.75, 3.05) is 6.54 Å². The standard InChI is InChI=1S/C15H15BrN2O2S/c1-2-17-10-11-9-12(16)7-8-14(11)21-15-6-4-3-5-13(15)18(19)20/h3-9,17H,2,10H2,1H3. The Labute approximate surface area is 136 Å². The van der Waals surface area contributed by atoms with Crippen LogP contribution in [0.15, 0.2) is 56.7 Å². The van der Waals surface area contributed by atoms with E-state index in [-0.39, 0.29) is 10.6 Å². The smallest absolute Gasteiger partial charge is 0.283 e. The minimum absolute atomic E-state index is 0.139. The summed E-state index contributed by atoms with van der Waals surface area (Å²) in [6.07, 6.45) is 0. The average molecular weight is 367 g/mol. The Hall–Kier alpha value is -1.37. The fourth-order valence-corrected chi connectivity index (χ4v) is 3.30. The Morgan fingerprint density at radius 1 is 1.24 bits per heavy atom. The number of nitrogens with zero attached hydrogens (tertiary/aromatic N) is 1. The molecule has 1 N–H and O–H groups in total. The fourth-order valence-electron chi connectivity index (χ4n) is 1.86. The van der Waals surface area contributed by atoms with Gasteiger partial charge >= 0.3 is 0 Å². The summed E-state index contributed by atoms with van der Waals surface area (Å²) in [5, 5.41) is 14.4. The maximum atomic E-state index is 11.1. The van der Waals surface area contributed by atoms with Gasteiger partial charge in [-0.15, -0.1) is 0 Å². The van der Waals surface area contributed by atoms with Gasteiger partial charge in [0, 0.05) is 22.0 Å². The number of hydrogen-bond acceptors (Lipinski definition) is 4. The zero-order valence-electron chi connectivity index (χ0n) is 11.5. The van der Waals surface area contributed by atoms with Crippen LogP contribution >= 0.6 is 27.7 Å². The highest BCUT2D eigenvalue weighted by molar-refractivity contribution is 9.10. The Balaban J connectivity index is 2.33. The molecule has 4 nitrogen and oxygen atoms in total. The molecule has 0 unspecified atom stereocenters. The van der Waals surface area contributed by atoms with E-state index in [4.69, 9.17) is 0 Å². The molecule has 21 heavy (non-hydrogen) atoms. The topological polar surface area (TPSA) is 55.2 Å². The van der Waals surface area contributed by atoms with Gasteiger partial charge in [0.1, 0.15) is 0 Å². The first-order chi connectivity index (χ1) is 10.1. The number of hydrogen-bond donors (Lipinski definition) is 1. The van der Waals surface area contributed by atoms with Crippen molar-refractivity contribution in [2.24, 2.45) is 0 Å². The number of halogens is 1. The summed E-state index contributed by atoms with van der Waals surface area (Å²) in [4.78, 5) is 12.4. The molecule has 0 saturated carbocycles. The van der Waals surface area contributed by atoms with Crippen LogP contribution in [0.2, 0.25) is 0 Å². The molecule has 2 aromatic rings. The zero-order valence-corrected chi connectivity index (χ0v) is 13.9. The van der Waals surface area contributed by atoms with Crippen molar-refractivity contribution in [3.63, 3.8) is 0 Å². The largest absolute Gasteiger partial charge is 0.313 e. The van der Waals surface area contributed by atoms with Gasteiger partial charge in [0.05, 0.1) is 9.82 Å². The fraction of sp³-hybridized carbons (Fsp3) is 0.200. The van der Waals surface area contributed by atoms with Crippen LogP contribution < -0.4 is 5.32 Å². The van der Waals surface area contributed by atoms with Gasteiger partial charge in [0.25, 0.3) is 5.69 Å². The van der Waals surface area contributed by atoms with Gasteiger partial charge in [-0.25, -0.2) is 0 Å².